The maximum absolute atomic E-state index is 12.4. The molecule has 8 nitrogen and oxygen atoms in total. The lowest BCUT2D eigenvalue weighted by Gasteiger charge is -2.33. The van der Waals surface area contributed by atoms with E-state index in [-0.39, 0.29) is 11.6 Å². The molecular formula is C20H23N7O. The minimum atomic E-state index is -0.298. The first-order valence-electron chi connectivity index (χ1n) is 9.32. The summed E-state index contributed by atoms with van der Waals surface area (Å²) in [6.45, 7) is 4.54. The number of hydrogen-bond donors (Lipinski definition) is 1. The van der Waals surface area contributed by atoms with Gasteiger partial charge in [0.2, 0.25) is 0 Å². The first kappa shape index (κ1) is 18.1. The van der Waals surface area contributed by atoms with Gasteiger partial charge in [0.15, 0.2) is 5.69 Å². The van der Waals surface area contributed by atoms with Gasteiger partial charge in [-0.2, -0.15) is 0 Å². The Kier molecular flexibility index (Phi) is 5.29. The van der Waals surface area contributed by atoms with E-state index in [9.17, 15) is 4.79 Å². The van der Waals surface area contributed by atoms with Gasteiger partial charge < -0.3 is 15.1 Å². The van der Waals surface area contributed by atoms with E-state index >= 15 is 0 Å². The van der Waals surface area contributed by atoms with Crippen molar-refractivity contribution in [1.82, 2.24) is 24.9 Å². The highest BCUT2D eigenvalue weighted by Crippen LogP contribution is 2.16. The van der Waals surface area contributed by atoms with Gasteiger partial charge in [0, 0.05) is 26.2 Å². The van der Waals surface area contributed by atoms with E-state index in [1.165, 1.54) is 0 Å². The van der Waals surface area contributed by atoms with Crippen LogP contribution in [0.15, 0.2) is 54.9 Å². The zero-order valence-electron chi connectivity index (χ0n) is 15.8. The summed E-state index contributed by atoms with van der Waals surface area (Å²) in [7, 11) is 2.12. The lowest BCUT2D eigenvalue weighted by atomic mass is 10.2. The molecule has 0 atom stereocenters. The van der Waals surface area contributed by atoms with Crippen LogP contribution in [-0.2, 0) is 6.54 Å². The molecule has 3 heterocycles. The lowest BCUT2D eigenvalue weighted by Crippen LogP contribution is -2.44. The molecule has 4 rings (SSSR count). The van der Waals surface area contributed by atoms with Crippen LogP contribution in [0.1, 0.15) is 16.1 Å². The molecule has 0 aliphatic carbocycles. The van der Waals surface area contributed by atoms with Crippen molar-refractivity contribution < 1.29 is 4.79 Å². The summed E-state index contributed by atoms with van der Waals surface area (Å²) in [5.41, 5.74) is 2.02. The summed E-state index contributed by atoms with van der Waals surface area (Å²) in [5.74, 6) is 0.633. The number of carbonyl (C=O) groups excluding carboxylic acids is 1. The van der Waals surface area contributed by atoms with Crippen molar-refractivity contribution in [1.29, 1.82) is 0 Å². The van der Waals surface area contributed by atoms with Gasteiger partial charge in [-0.05, 0) is 24.7 Å². The minimum absolute atomic E-state index is 0.277. The summed E-state index contributed by atoms with van der Waals surface area (Å²) >= 11 is 0. The number of nitrogens with zero attached hydrogens (tertiary/aromatic N) is 6. The van der Waals surface area contributed by atoms with Crippen LogP contribution in [0.4, 0.5) is 11.5 Å². The number of carbonyl (C=O) groups is 1. The zero-order chi connectivity index (χ0) is 19.3. The van der Waals surface area contributed by atoms with Crippen molar-refractivity contribution in [2.75, 3.05) is 43.4 Å². The van der Waals surface area contributed by atoms with E-state index in [2.05, 4.69) is 37.5 Å². The predicted molar refractivity (Wildman–Crippen MR) is 107 cm³/mol. The van der Waals surface area contributed by atoms with Crippen LogP contribution in [0.25, 0.3) is 0 Å². The van der Waals surface area contributed by atoms with Crippen molar-refractivity contribution in [3.8, 4) is 0 Å². The Bertz CT molecular complexity index is 915. The van der Waals surface area contributed by atoms with Crippen molar-refractivity contribution >= 4 is 17.4 Å². The quantitative estimate of drug-likeness (QED) is 0.729. The molecule has 1 N–H and O–H groups in total. The molecule has 0 spiro atoms. The van der Waals surface area contributed by atoms with E-state index in [1.807, 2.05) is 42.5 Å². The van der Waals surface area contributed by atoms with E-state index < -0.39 is 0 Å². The fourth-order valence-corrected chi connectivity index (χ4v) is 3.13. The first-order valence-corrected chi connectivity index (χ1v) is 9.32. The number of nitrogens with one attached hydrogen (secondary N) is 1. The number of piperazine rings is 1. The molecule has 144 valence electrons. The fraction of sp³-hybridized carbons (Fsp3) is 0.300. The SMILES string of the molecule is CN1CCN(c2ccc(NC(=O)c3cn(Cc4ccccc4)nn3)cn2)CC1. The Hall–Kier alpha value is -3.26. The van der Waals surface area contributed by atoms with Crippen molar-refractivity contribution in [2.24, 2.45) is 0 Å². The molecule has 2 aromatic heterocycles. The first-order chi connectivity index (χ1) is 13.7. The van der Waals surface area contributed by atoms with Gasteiger partial charge in [0.1, 0.15) is 5.82 Å². The number of anilines is 2. The summed E-state index contributed by atoms with van der Waals surface area (Å²) in [6, 6.07) is 13.7. The van der Waals surface area contributed by atoms with E-state index in [1.54, 1.807) is 17.1 Å². The molecule has 1 fully saturated rings. The van der Waals surface area contributed by atoms with Crippen LogP contribution in [0.2, 0.25) is 0 Å². The van der Waals surface area contributed by atoms with Gasteiger partial charge in [0.25, 0.3) is 5.91 Å². The van der Waals surface area contributed by atoms with E-state index in [0.29, 0.717) is 12.2 Å². The maximum atomic E-state index is 12.4. The number of rotatable bonds is 5. The molecule has 8 heteroatoms. The Labute approximate surface area is 163 Å². The van der Waals surface area contributed by atoms with Crippen molar-refractivity contribution in [2.45, 2.75) is 6.54 Å². The molecule has 1 aromatic carbocycles. The number of amides is 1. The Balaban J connectivity index is 1.36. The molecule has 0 bridgehead atoms. The van der Waals surface area contributed by atoms with Gasteiger partial charge in [-0.15, -0.1) is 5.10 Å². The Morgan fingerprint density at radius 1 is 1.07 bits per heavy atom. The molecule has 1 aliphatic heterocycles. The van der Waals surface area contributed by atoms with E-state index in [0.717, 1.165) is 37.6 Å². The highest BCUT2D eigenvalue weighted by molar-refractivity contribution is 6.02. The van der Waals surface area contributed by atoms with Gasteiger partial charge in [-0.25, -0.2) is 9.67 Å². The average Bonchev–Trinajstić information content (AvgIpc) is 3.19. The van der Waals surface area contributed by atoms with E-state index in [4.69, 9.17) is 0 Å². The largest absolute Gasteiger partial charge is 0.354 e. The third-order valence-electron chi connectivity index (χ3n) is 4.79. The smallest absolute Gasteiger partial charge is 0.277 e. The second-order valence-corrected chi connectivity index (χ2v) is 6.94. The van der Waals surface area contributed by atoms with Crippen LogP contribution in [0, 0.1) is 0 Å². The molecule has 28 heavy (non-hydrogen) atoms. The number of benzene rings is 1. The lowest BCUT2D eigenvalue weighted by molar-refractivity contribution is 0.102. The van der Waals surface area contributed by atoms with Crippen molar-refractivity contribution in [3.05, 3.63) is 66.1 Å². The van der Waals surface area contributed by atoms with Crippen molar-refractivity contribution in [3.63, 3.8) is 0 Å². The van der Waals surface area contributed by atoms with Gasteiger partial charge in [-0.3, -0.25) is 4.79 Å². The zero-order valence-corrected chi connectivity index (χ0v) is 15.8. The maximum Gasteiger partial charge on any atom is 0.277 e. The number of likely N-dealkylation sites (N-methyl/N-ethyl adjacent to an activating group) is 1. The van der Waals surface area contributed by atoms with Crippen LogP contribution in [0.5, 0.6) is 0 Å². The van der Waals surface area contributed by atoms with Crippen LogP contribution >= 0.6 is 0 Å². The standard InChI is InChI=1S/C20H23N7O/c1-25-9-11-26(12-10-25)19-8-7-17(13-21-19)22-20(28)18-15-27(24-23-18)14-16-5-3-2-4-6-16/h2-8,13,15H,9-12,14H2,1H3,(H,22,28). The van der Waals surface area contributed by atoms with Crippen LogP contribution < -0.4 is 10.2 Å². The molecule has 3 aromatic rings. The summed E-state index contributed by atoms with van der Waals surface area (Å²) < 4.78 is 1.65. The molecule has 1 saturated heterocycles. The molecule has 1 aliphatic rings. The fourth-order valence-electron chi connectivity index (χ4n) is 3.13. The molecule has 1 amide bonds. The molecule has 0 saturated carbocycles. The third-order valence-corrected chi connectivity index (χ3v) is 4.79. The van der Waals surface area contributed by atoms with Crippen LogP contribution in [0.3, 0.4) is 0 Å². The number of aromatic nitrogens is 4. The Morgan fingerprint density at radius 2 is 1.86 bits per heavy atom. The normalized spacial score (nSPS) is 14.8. The number of hydrogen-bond acceptors (Lipinski definition) is 6. The highest BCUT2D eigenvalue weighted by atomic mass is 16.2. The van der Waals surface area contributed by atoms with Crippen LogP contribution in [-0.4, -0.2) is 64.0 Å². The monoisotopic (exact) mass is 377 g/mol. The third kappa shape index (κ3) is 4.34. The second kappa shape index (κ2) is 8.18. The summed E-state index contributed by atoms with van der Waals surface area (Å²) in [4.78, 5) is 21.5. The van der Waals surface area contributed by atoms with Gasteiger partial charge >= 0.3 is 0 Å². The summed E-state index contributed by atoms with van der Waals surface area (Å²) in [6.07, 6.45) is 3.33. The average molecular weight is 377 g/mol. The second-order valence-electron chi connectivity index (χ2n) is 6.94. The molecule has 0 unspecified atom stereocenters. The summed E-state index contributed by atoms with van der Waals surface area (Å²) in [5, 5.41) is 10.8. The Morgan fingerprint density at radius 3 is 2.57 bits per heavy atom. The predicted octanol–water partition coefficient (Wildman–Crippen LogP) is 1.73. The highest BCUT2D eigenvalue weighted by Gasteiger charge is 2.16. The molecule has 0 radical (unpaired) electrons. The molecular weight excluding hydrogens is 354 g/mol. The minimum Gasteiger partial charge on any atom is -0.354 e. The topological polar surface area (TPSA) is 79.2 Å². The van der Waals surface area contributed by atoms with Gasteiger partial charge in [-0.1, -0.05) is 35.5 Å². The number of pyridine rings is 1. The van der Waals surface area contributed by atoms with Gasteiger partial charge in [0.05, 0.1) is 24.6 Å².